The van der Waals surface area contributed by atoms with Crippen molar-refractivity contribution in [3.8, 4) is 0 Å². The van der Waals surface area contributed by atoms with Gasteiger partial charge in [-0.1, -0.05) is 26.9 Å². The molecule has 0 aromatic carbocycles. The van der Waals surface area contributed by atoms with Crippen LogP contribution in [0.5, 0.6) is 0 Å². The molecule has 0 saturated carbocycles. The van der Waals surface area contributed by atoms with Crippen LogP contribution in [0.1, 0.15) is 40.5 Å². The molecule has 0 saturated heterocycles. The van der Waals surface area contributed by atoms with E-state index in [0.29, 0.717) is 0 Å². The predicted molar refractivity (Wildman–Crippen MR) is 77.0 cm³/mol. The van der Waals surface area contributed by atoms with Crippen LogP contribution in [-0.2, 0) is 26.2 Å². The van der Waals surface area contributed by atoms with Crippen molar-refractivity contribution in [3.05, 3.63) is 44.8 Å². The van der Waals surface area contributed by atoms with Gasteiger partial charge in [-0.25, -0.2) is 22.3 Å². The van der Waals surface area contributed by atoms with E-state index in [0.717, 1.165) is 12.8 Å². The van der Waals surface area contributed by atoms with Gasteiger partial charge in [-0.2, -0.15) is 10.4 Å². The molecule has 2 aliphatic rings. The molecule has 0 amide bonds. The maximum Gasteiger partial charge on any atom is 4.00 e. The SMILES string of the molecule is CC1=[C-]CC([Si](C)(C)C2=C(C)C(C)=[C-]C2)=C1C.[Cl-].[Cl-].[Zr+4]. The van der Waals surface area contributed by atoms with Crippen LogP contribution >= 0.6 is 0 Å². The van der Waals surface area contributed by atoms with E-state index in [4.69, 9.17) is 0 Å². The minimum atomic E-state index is -1.45. The van der Waals surface area contributed by atoms with Crippen molar-refractivity contribution in [1.82, 2.24) is 0 Å². The summed E-state index contributed by atoms with van der Waals surface area (Å²) >= 11 is 0. The minimum Gasteiger partial charge on any atom is -1.00 e. The van der Waals surface area contributed by atoms with E-state index in [9.17, 15) is 0 Å². The average molecular weight is 405 g/mol. The fraction of sp³-hybridized carbons (Fsp3) is 0.500. The van der Waals surface area contributed by atoms with E-state index >= 15 is 0 Å². The molecule has 0 fully saturated rings. The molecule has 0 bridgehead atoms. The second-order valence-corrected chi connectivity index (χ2v) is 10.2. The molecule has 0 aromatic rings. The summed E-state index contributed by atoms with van der Waals surface area (Å²) in [6.45, 7) is 13.9. The molecule has 4 heteroatoms. The predicted octanol–water partition coefficient (Wildman–Crippen LogP) is -1.28. The van der Waals surface area contributed by atoms with E-state index in [1.54, 1.807) is 10.4 Å². The van der Waals surface area contributed by atoms with Crippen LogP contribution in [-0.4, -0.2) is 8.07 Å². The van der Waals surface area contributed by atoms with Crippen molar-refractivity contribution in [3.63, 3.8) is 0 Å². The topological polar surface area (TPSA) is 0 Å². The minimum absolute atomic E-state index is 0. The van der Waals surface area contributed by atoms with Crippen molar-refractivity contribution in [1.29, 1.82) is 0 Å². The first kappa shape index (κ1) is 22.9. The average Bonchev–Trinajstić information content (AvgIpc) is 2.75. The third-order valence-corrected chi connectivity index (χ3v) is 8.72. The van der Waals surface area contributed by atoms with Crippen LogP contribution < -0.4 is 24.8 Å². The number of halogens is 2. The summed E-state index contributed by atoms with van der Waals surface area (Å²) in [6, 6.07) is 0. The first-order chi connectivity index (χ1) is 7.85. The van der Waals surface area contributed by atoms with Crippen LogP contribution in [0.4, 0.5) is 0 Å². The first-order valence-corrected chi connectivity index (χ1v) is 9.41. The van der Waals surface area contributed by atoms with E-state index < -0.39 is 8.07 Å². The second kappa shape index (κ2) is 8.32. The fourth-order valence-electron chi connectivity index (χ4n) is 2.99. The fourth-order valence-corrected chi connectivity index (χ4v) is 6.66. The molecule has 0 aliphatic heterocycles. The normalized spacial score (nSPS) is 18.1. The summed E-state index contributed by atoms with van der Waals surface area (Å²) in [4.78, 5) is 0. The molecule has 0 unspecified atom stereocenters. The van der Waals surface area contributed by atoms with Crippen molar-refractivity contribution in [2.75, 3.05) is 0 Å². The van der Waals surface area contributed by atoms with Gasteiger partial charge in [0, 0.05) is 0 Å². The molecule has 108 valence electrons. The van der Waals surface area contributed by atoms with Gasteiger partial charge in [0.1, 0.15) is 0 Å². The van der Waals surface area contributed by atoms with Crippen LogP contribution in [0.15, 0.2) is 32.7 Å². The molecule has 0 aromatic heterocycles. The quantitative estimate of drug-likeness (QED) is 0.397. The zero-order chi connectivity index (χ0) is 12.8. The maximum atomic E-state index is 3.50. The van der Waals surface area contributed by atoms with Crippen LogP contribution in [0.3, 0.4) is 0 Å². The van der Waals surface area contributed by atoms with Gasteiger partial charge in [-0.3, -0.25) is 12.2 Å². The Kier molecular flexibility index (Phi) is 9.53. The number of hydrogen-bond acceptors (Lipinski definition) is 0. The largest absolute Gasteiger partial charge is 4.00 e. The summed E-state index contributed by atoms with van der Waals surface area (Å²) in [5.74, 6) is 0. The first-order valence-electron chi connectivity index (χ1n) is 6.41. The third kappa shape index (κ3) is 3.88. The van der Waals surface area contributed by atoms with E-state index in [-0.39, 0.29) is 51.0 Å². The number of hydrogen-bond donors (Lipinski definition) is 0. The zero-order valence-electron chi connectivity index (χ0n) is 13.2. The molecule has 2 rings (SSSR count). The number of rotatable bonds is 2. The van der Waals surface area contributed by atoms with Gasteiger partial charge in [-0.15, -0.1) is 26.7 Å². The smallest absolute Gasteiger partial charge is 1.00 e. The Morgan fingerprint density at radius 1 is 0.750 bits per heavy atom. The summed E-state index contributed by atoms with van der Waals surface area (Å²) in [5, 5.41) is 3.36. The van der Waals surface area contributed by atoms with Crippen LogP contribution in [0.25, 0.3) is 0 Å². The van der Waals surface area contributed by atoms with Gasteiger partial charge in [0.25, 0.3) is 0 Å². The molecular weight excluding hydrogens is 382 g/mol. The molecule has 0 nitrogen and oxygen atoms in total. The molecule has 0 heterocycles. The second-order valence-electron chi connectivity index (χ2n) is 5.79. The van der Waals surface area contributed by atoms with Crippen LogP contribution in [0, 0.1) is 12.2 Å². The molecule has 0 radical (unpaired) electrons. The molecule has 0 spiro atoms. The zero-order valence-corrected chi connectivity index (χ0v) is 18.1. The standard InChI is InChI=1S/C16H22Si.2ClH.Zr/c1-11-7-9-15(13(11)3)17(5,6)16-10-8-12(2)14(16)4;;;/h9-10H2,1-6H3;2*1H;/q-2;;;+4/p-2. The summed E-state index contributed by atoms with van der Waals surface area (Å²) < 4.78 is 0. The van der Waals surface area contributed by atoms with Gasteiger partial charge in [0.2, 0.25) is 0 Å². The van der Waals surface area contributed by atoms with Gasteiger partial charge >= 0.3 is 26.2 Å². The van der Waals surface area contributed by atoms with Crippen molar-refractivity contribution in [2.45, 2.75) is 53.6 Å². The maximum absolute atomic E-state index is 3.50. The van der Waals surface area contributed by atoms with Crippen LogP contribution in [0.2, 0.25) is 13.1 Å². The Morgan fingerprint density at radius 2 is 1.05 bits per heavy atom. The van der Waals surface area contributed by atoms with Crippen molar-refractivity contribution in [2.24, 2.45) is 0 Å². The summed E-state index contributed by atoms with van der Waals surface area (Å²) in [6.07, 6.45) is 9.13. The Bertz CT molecular complexity index is 453. The van der Waals surface area contributed by atoms with Gasteiger partial charge < -0.3 is 24.8 Å². The Morgan fingerprint density at radius 3 is 1.25 bits per heavy atom. The van der Waals surface area contributed by atoms with Crippen molar-refractivity contribution < 1.29 is 51.0 Å². The van der Waals surface area contributed by atoms with Gasteiger partial charge in [-0.05, 0) is 0 Å². The third-order valence-electron chi connectivity index (χ3n) is 4.60. The summed E-state index contributed by atoms with van der Waals surface area (Å²) in [7, 11) is -1.45. The van der Waals surface area contributed by atoms with E-state index in [1.165, 1.54) is 22.3 Å². The molecule has 0 N–H and O–H groups in total. The Labute approximate surface area is 156 Å². The Hall–Kier alpha value is 0.640. The molecular formula is C16H22Cl2SiZr. The molecule has 20 heavy (non-hydrogen) atoms. The molecule has 2 aliphatic carbocycles. The van der Waals surface area contributed by atoms with E-state index in [2.05, 4.69) is 52.9 Å². The monoisotopic (exact) mass is 402 g/mol. The van der Waals surface area contributed by atoms with Gasteiger partial charge in [0.05, 0.1) is 8.07 Å². The summed E-state index contributed by atoms with van der Waals surface area (Å²) in [5.41, 5.74) is 5.74. The Balaban J connectivity index is 0. The number of allylic oxidation sites excluding steroid dienone is 8. The van der Waals surface area contributed by atoms with Crippen molar-refractivity contribution >= 4 is 8.07 Å². The van der Waals surface area contributed by atoms with Gasteiger partial charge in [0.15, 0.2) is 0 Å². The van der Waals surface area contributed by atoms with E-state index in [1.807, 2.05) is 0 Å². The molecule has 0 atom stereocenters.